The van der Waals surface area contributed by atoms with Crippen LogP contribution in [0.1, 0.15) is 13.3 Å². The van der Waals surface area contributed by atoms with Gasteiger partial charge in [-0.25, -0.2) is 0 Å². The number of rotatable bonds is 1. The van der Waals surface area contributed by atoms with Gasteiger partial charge < -0.3 is 4.74 Å². The molecule has 0 amide bonds. The third-order valence-corrected chi connectivity index (χ3v) is 1.77. The topological polar surface area (TPSA) is 43.4 Å². The lowest BCUT2D eigenvalue weighted by atomic mass is 9.94. The zero-order valence-corrected chi connectivity index (χ0v) is 6.16. The molecule has 0 aromatic heterocycles. The molecule has 1 aliphatic heterocycles. The summed E-state index contributed by atoms with van der Waals surface area (Å²) in [5.41, 5.74) is 0. The molecule has 0 N–H and O–H groups in total. The van der Waals surface area contributed by atoms with Crippen molar-refractivity contribution in [3.8, 4) is 12.3 Å². The Kier molecular flexibility index (Phi) is 1.95. The molecule has 58 valence electrons. The van der Waals surface area contributed by atoms with E-state index >= 15 is 0 Å². The third kappa shape index (κ3) is 1.40. The van der Waals surface area contributed by atoms with Crippen LogP contribution in [-0.2, 0) is 14.3 Å². The second-order valence-corrected chi connectivity index (χ2v) is 2.56. The Bertz CT molecular complexity index is 236. The Morgan fingerprint density at radius 1 is 1.73 bits per heavy atom. The van der Waals surface area contributed by atoms with E-state index in [1.807, 2.05) is 0 Å². The van der Waals surface area contributed by atoms with Crippen molar-refractivity contribution in [1.29, 1.82) is 0 Å². The van der Waals surface area contributed by atoms with Gasteiger partial charge in [-0.2, -0.15) is 0 Å². The summed E-state index contributed by atoms with van der Waals surface area (Å²) in [6, 6.07) is 0. The fourth-order valence-electron chi connectivity index (χ4n) is 0.989. The largest absolute Gasteiger partial charge is 0.393 e. The highest BCUT2D eigenvalue weighted by molar-refractivity contribution is 5.94. The molecule has 0 aromatic carbocycles. The van der Waals surface area contributed by atoms with Crippen molar-refractivity contribution in [3.63, 3.8) is 0 Å². The Morgan fingerprint density at radius 2 is 2.36 bits per heavy atom. The first-order valence-electron chi connectivity index (χ1n) is 3.36. The number of esters is 2. The number of ether oxygens (including phenoxy) is 1. The number of hydrogen-bond donors (Lipinski definition) is 0. The maximum Gasteiger partial charge on any atom is 0.318 e. The van der Waals surface area contributed by atoms with E-state index < -0.39 is 17.9 Å². The van der Waals surface area contributed by atoms with Gasteiger partial charge in [0.15, 0.2) is 0 Å². The Labute approximate surface area is 64.7 Å². The Morgan fingerprint density at radius 3 is 2.73 bits per heavy atom. The molecule has 0 radical (unpaired) electrons. The lowest BCUT2D eigenvalue weighted by Gasteiger charge is -2.05. The number of terminal acetylenes is 1. The smallest absolute Gasteiger partial charge is 0.318 e. The van der Waals surface area contributed by atoms with Crippen molar-refractivity contribution in [2.45, 2.75) is 13.3 Å². The van der Waals surface area contributed by atoms with Crippen LogP contribution in [0.2, 0.25) is 0 Å². The molecule has 1 heterocycles. The van der Waals surface area contributed by atoms with Gasteiger partial charge in [0.25, 0.3) is 0 Å². The summed E-state index contributed by atoms with van der Waals surface area (Å²) in [6.45, 7) is 1.73. The second-order valence-electron chi connectivity index (χ2n) is 2.56. The fourth-order valence-corrected chi connectivity index (χ4v) is 0.989. The predicted octanol–water partition coefficient (Wildman–Crippen LogP) is 0.345. The number of carbonyl (C=O) groups excluding carboxylic acids is 2. The standard InChI is InChI=1S/C8H8O3/c1-3-5(2)6-4-7(9)11-8(6)10/h1,5-6H,4H2,2H3. The lowest BCUT2D eigenvalue weighted by Crippen LogP contribution is -2.14. The molecule has 0 saturated carbocycles. The van der Waals surface area contributed by atoms with E-state index in [0.717, 1.165) is 0 Å². The molecule has 1 rings (SSSR count). The van der Waals surface area contributed by atoms with E-state index in [1.165, 1.54) is 0 Å². The number of carbonyl (C=O) groups is 2. The molecule has 0 aliphatic carbocycles. The second kappa shape index (κ2) is 2.75. The van der Waals surface area contributed by atoms with Crippen LogP contribution in [0.25, 0.3) is 0 Å². The summed E-state index contributed by atoms with van der Waals surface area (Å²) < 4.78 is 4.32. The summed E-state index contributed by atoms with van der Waals surface area (Å²) in [7, 11) is 0. The third-order valence-electron chi connectivity index (χ3n) is 1.77. The van der Waals surface area contributed by atoms with Crippen LogP contribution in [-0.4, -0.2) is 11.9 Å². The first-order valence-corrected chi connectivity index (χ1v) is 3.36. The van der Waals surface area contributed by atoms with Crippen molar-refractivity contribution in [2.24, 2.45) is 11.8 Å². The number of cyclic esters (lactones) is 2. The van der Waals surface area contributed by atoms with E-state index in [2.05, 4.69) is 10.7 Å². The van der Waals surface area contributed by atoms with Gasteiger partial charge in [0.2, 0.25) is 0 Å². The molecule has 2 unspecified atom stereocenters. The molecule has 0 aromatic rings. The summed E-state index contributed by atoms with van der Waals surface area (Å²) >= 11 is 0. The van der Waals surface area contributed by atoms with Crippen molar-refractivity contribution in [1.82, 2.24) is 0 Å². The molecule has 1 fully saturated rings. The van der Waals surface area contributed by atoms with Crippen LogP contribution in [0.4, 0.5) is 0 Å². The van der Waals surface area contributed by atoms with Gasteiger partial charge in [0.1, 0.15) is 0 Å². The molecule has 0 spiro atoms. The highest BCUT2D eigenvalue weighted by atomic mass is 16.6. The Balaban J connectivity index is 2.69. The monoisotopic (exact) mass is 152 g/mol. The lowest BCUT2D eigenvalue weighted by molar-refractivity contribution is -0.153. The molecule has 11 heavy (non-hydrogen) atoms. The average molecular weight is 152 g/mol. The molecule has 3 nitrogen and oxygen atoms in total. The number of hydrogen-bond acceptors (Lipinski definition) is 3. The molecule has 1 aliphatic rings. The molecule has 3 heteroatoms. The predicted molar refractivity (Wildman–Crippen MR) is 37.2 cm³/mol. The molecule has 2 atom stereocenters. The van der Waals surface area contributed by atoms with Crippen LogP contribution < -0.4 is 0 Å². The minimum atomic E-state index is -0.486. The van der Waals surface area contributed by atoms with E-state index in [0.29, 0.717) is 0 Å². The van der Waals surface area contributed by atoms with Crippen molar-refractivity contribution in [2.75, 3.05) is 0 Å². The SMILES string of the molecule is C#CC(C)C1CC(=O)OC1=O. The van der Waals surface area contributed by atoms with Gasteiger partial charge in [0, 0.05) is 5.92 Å². The molecular formula is C8H8O3. The van der Waals surface area contributed by atoms with Gasteiger partial charge in [-0.1, -0.05) is 6.92 Å². The molecule has 0 bridgehead atoms. The highest BCUT2D eigenvalue weighted by Gasteiger charge is 2.36. The summed E-state index contributed by atoms with van der Waals surface area (Å²) in [4.78, 5) is 21.4. The van der Waals surface area contributed by atoms with E-state index in [4.69, 9.17) is 6.42 Å². The van der Waals surface area contributed by atoms with Gasteiger partial charge in [-0.15, -0.1) is 12.3 Å². The maximum absolute atomic E-state index is 10.8. The van der Waals surface area contributed by atoms with Crippen LogP contribution in [0, 0.1) is 24.2 Å². The maximum atomic E-state index is 10.8. The Hall–Kier alpha value is -1.30. The van der Waals surface area contributed by atoms with Gasteiger partial charge in [-0.05, 0) is 0 Å². The van der Waals surface area contributed by atoms with Crippen molar-refractivity contribution >= 4 is 11.9 Å². The quantitative estimate of drug-likeness (QED) is 0.309. The minimum Gasteiger partial charge on any atom is -0.393 e. The van der Waals surface area contributed by atoms with Crippen LogP contribution in [0.15, 0.2) is 0 Å². The van der Waals surface area contributed by atoms with Gasteiger partial charge in [-0.3, -0.25) is 9.59 Å². The summed E-state index contributed by atoms with van der Waals surface area (Å²) in [5, 5.41) is 0. The molecular weight excluding hydrogens is 144 g/mol. The molecule has 1 saturated heterocycles. The van der Waals surface area contributed by atoms with Crippen molar-refractivity contribution < 1.29 is 14.3 Å². The first-order chi connectivity index (χ1) is 5.15. The fraction of sp³-hybridized carbons (Fsp3) is 0.500. The highest BCUT2D eigenvalue weighted by Crippen LogP contribution is 2.23. The van der Waals surface area contributed by atoms with Crippen molar-refractivity contribution in [3.05, 3.63) is 0 Å². The first kappa shape index (κ1) is 7.80. The zero-order chi connectivity index (χ0) is 8.43. The van der Waals surface area contributed by atoms with Crippen LogP contribution in [0.3, 0.4) is 0 Å². The van der Waals surface area contributed by atoms with Gasteiger partial charge in [0.05, 0.1) is 12.3 Å². The van der Waals surface area contributed by atoms with E-state index in [1.54, 1.807) is 6.92 Å². The summed E-state index contributed by atoms with van der Waals surface area (Å²) in [6.07, 6.45) is 5.22. The zero-order valence-electron chi connectivity index (χ0n) is 6.16. The normalized spacial score (nSPS) is 26.0. The van der Waals surface area contributed by atoms with Gasteiger partial charge >= 0.3 is 11.9 Å². The minimum absolute atomic E-state index is 0.129. The van der Waals surface area contributed by atoms with E-state index in [-0.39, 0.29) is 12.3 Å². The van der Waals surface area contributed by atoms with E-state index in [9.17, 15) is 9.59 Å². The van der Waals surface area contributed by atoms with Crippen LogP contribution >= 0.6 is 0 Å². The average Bonchev–Trinajstić information content (AvgIpc) is 2.28. The summed E-state index contributed by atoms with van der Waals surface area (Å²) in [5.74, 6) is 0.811. The van der Waals surface area contributed by atoms with Crippen LogP contribution in [0.5, 0.6) is 0 Å².